The number of anilines is 1. The van der Waals surface area contributed by atoms with Crippen molar-refractivity contribution in [3.63, 3.8) is 0 Å². The van der Waals surface area contributed by atoms with Crippen LogP contribution < -0.4 is 10.9 Å². The maximum absolute atomic E-state index is 12.7. The minimum absolute atomic E-state index is 0.140. The van der Waals surface area contributed by atoms with Gasteiger partial charge in [-0.2, -0.15) is 4.68 Å². The first kappa shape index (κ1) is 16.3. The van der Waals surface area contributed by atoms with E-state index < -0.39 is 6.04 Å². The minimum Gasteiger partial charge on any atom is -0.300 e. The lowest BCUT2D eigenvalue weighted by Gasteiger charge is -2.20. The number of rotatable bonds is 4. The zero-order valence-corrected chi connectivity index (χ0v) is 14.4. The van der Waals surface area contributed by atoms with Gasteiger partial charge in [0.2, 0.25) is 0 Å². The molecule has 0 aliphatic carbocycles. The highest BCUT2D eigenvalue weighted by Gasteiger charge is 2.28. The molecule has 8 heteroatoms. The normalized spacial score (nSPS) is 12.5. The van der Waals surface area contributed by atoms with E-state index in [1.165, 1.54) is 11.3 Å². The van der Waals surface area contributed by atoms with E-state index in [4.69, 9.17) is 0 Å². The summed E-state index contributed by atoms with van der Waals surface area (Å²) in [6, 6.07) is 6.19. The maximum Gasteiger partial charge on any atom is 0.278 e. The molecule has 3 aromatic rings. The van der Waals surface area contributed by atoms with Crippen LogP contribution in [0.4, 0.5) is 5.13 Å². The lowest BCUT2D eigenvalue weighted by molar-refractivity contribution is -0.120. The number of hydrogen-bond donors (Lipinski definition) is 1. The lowest BCUT2D eigenvalue weighted by Crippen LogP contribution is -2.38. The smallest absolute Gasteiger partial charge is 0.278 e. The number of thiazole rings is 1. The number of carbonyl (C=O) groups excluding carboxylic acids is 1. The Kier molecular flexibility index (Phi) is 4.39. The molecule has 0 saturated heterocycles. The van der Waals surface area contributed by atoms with Gasteiger partial charge in [-0.25, -0.2) is 4.98 Å². The third-order valence-corrected chi connectivity index (χ3v) is 4.48. The Morgan fingerprint density at radius 1 is 1.29 bits per heavy atom. The van der Waals surface area contributed by atoms with Gasteiger partial charge in [0.25, 0.3) is 11.5 Å². The van der Waals surface area contributed by atoms with Gasteiger partial charge in [-0.1, -0.05) is 31.2 Å². The number of aryl methyl sites for hydroxylation is 1. The summed E-state index contributed by atoms with van der Waals surface area (Å²) in [7, 11) is 0. The molecule has 1 amide bonds. The zero-order chi connectivity index (χ0) is 17.3. The van der Waals surface area contributed by atoms with Gasteiger partial charge >= 0.3 is 0 Å². The molecule has 0 radical (unpaired) electrons. The number of fused-ring (bicyclic) bond motifs is 1. The molecule has 1 N–H and O–H groups in total. The molecule has 0 aliphatic heterocycles. The SMILES string of the molecule is Cc1csc(NC(=O)[C@@H](C(C)C)n2nnc3ccccc3c2=O)n1. The van der Waals surface area contributed by atoms with Gasteiger partial charge in [0.05, 0.1) is 11.1 Å². The van der Waals surface area contributed by atoms with E-state index in [9.17, 15) is 9.59 Å². The highest BCUT2D eigenvalue weighted by atomic mass is 32.1. The average Bonchev–Trinajstić information content (AvgIpc) is 2.95. The number of amides is 1. The van der Waals surface area contributed by atoms with Crippen molar-refractivity contribution in [1.29, 1.82) is 0 Å². The maximum atomic E-state index is 12.7. The van der Waals surface area contributed by atoms with Gasteiger partial charge in [0.1, 0.15) is 11.6 Å². The first-order valence-electron chi connectivity index (χ1n) is 7.54. The highest BCUT2D eigenvalue weighted by Crippen LogP contribution is 2.20. The van der Waals surface area contributed by atoms with Crippen molar-refractivity contribution < 1.29 is 4.79 Å². The Labute approximate surface area is 142 Å². The molecule has 2 aromatic heterocycles. The van der Waals surface area contributed by atoms with Crippen molar-refractivity contribution in [3.8, 4) is 0 Å². The monoisotopic (exact) mass is 343 g/mol. The molecule has 0 aliphatic rings. The Morgan fingerprint density at radius 3 is 2.71 bits per heavy atom. The molecular weight excluding hydrogens is 326 g/mol. The van der Waals surface area contributed by atoms with Crippen molar-refractivity contribution in [2.45, 2.75) is 26.8 Å². The number of hydrogen-bond acceptors (Lipinski definition) is 6. The fraction of sp³-hybridized carbons (Fsp3) is 0.312. The van der Waals surface area contributed by atoms with Crippen LogP contribution in [0.3, 0.4) is 0 Å². The standard InChI is InChI=1S/C16H17N5O2S/c1-9(2)13(14(22)18-16-17-10(3)8-24-16)21-15(23)11-6-4-5-7-12(11)19-20-21/h4-9,13H,1-3H3,(H,17,18,22)/t13-/m1/s1. The second-order valence-electron chi connectivity index (χ2n) is 5.83. The number of aromatic nitrogens is 4. The van der Waals surface area contributed by atoms with E-state index in [1.807, 2.05) is 26.2 Å². The summed E-state index contributed by atoms with van der Waals surface area (Å²) in [5.41, 5.74) is 1.01. The van der Waals surface area contributed by atoms with Crippen LogP contribution >= 0.6 is 11.3 Å². The first-order chi connectivity index (χ1) is 11.5. The Bertz CT molecular complexity index is 947. The molecule has 3 rings (SSSR count). The molecule has 1 atom stereocenters. The summed E-state index contributed by atoms with van der Waals surface area (Å²) in [6.45, 7) is 5.58. The van der Waals surface area contributed by atoms with E-state index in [2.05, 4.69) is 20.6 Å². The van der Waals surface area contributed by atoms with Gasteiger partial charge in [0, 0.05) is 5.38 Å². The van der Waals surface area contributed by atoms with Crippen LogP contribution in [-0.2, 0) is 4.79 Å². The number of nitrogens with one attached hydrogen (secondary N) is 1. The quantitative estimate of drug-likeness (QED) is 0.785. The molecule has 0 saturated carbocycles. The van der Waals surface area contributed by atoms with Gasteiger partial charge in [-0.3, -0.25) is 9.59 Å². The fourth-order valence-corrected chi connectivity index (χ4v) is 3.16. The predicted octanol–water partition coefficient (Wildman–Crippen LogP) is 2.39. The number of carbonyl (C=O) groups is 1. The highest BCUT2D eigenvalue weighted by molar-refractivity contribution is 7.13. The average molecular weight is 343 g/mol. The van der Waals surface area contributed by atoms with Crippen LogP contribution in [-0.4, -0.2) is 25.9 Å². The van der Waals surface area contributed by atoms with E-state index in [0.29, 0.717) is 16.0 Å². The van der Waals surface area contributed by atoms with Gasteiger partial charge in [-0.05, 0) is 25.0 Å². The van der Waals surface area contributed by atoms with Crippen molar-refractivity contribution in [3.05, 3.63) is 45.7 Å². The van der Waals surface area contributed by atoms with Crippen LogP contribution in [0.15, 0.2) is 34.4 Å². The Balaban J connectivity index is 2.00. The zero-order valence-electron chi connectivity index (χ0n) is 13.6. The van der Waals surface area contributed by atoms with Crippen LogP contribution in [0, 0.1) is 12.8 Å². The molecular formula is C16H17N5O2S. The van der Waals surface area contributed by atoms with E-state index in [-0.39, 0.29) is 17.4 Å². The number of nitrogens with zero attached hydrogens (tertiary/aromatic N) is 4. The van der Waals surface area contributed by atoms with E-state index >= 15 is 0 Å². The Morgan fingerprint density at radius 2 is 2.04 bits per heavy atom. The second kappa shape index (κ2) is 6.48. The second-order valence-corrected chi connectivity index (χ2v) is 6.69. The third-order valence-electron chi connectivity index (χ3n) is 3.60. The summed E-state index contributed by atoms with van der Waals surface area (Å²) in [5.74, 6) is -0.467. The summed E-state index contributed by atoms with van der Waals surface area (Å²) in [5, 5.41) is 13.6. The first-order valence-corrected chi connectivity index (χ1v) is 8.42. The molecule has 7 nitrogen and oxygen atoms in total. The summed E-state index contributed by atoms with van der Waals surface area (Å²) >= 11 is 1.34. The summed E-state index contributed by atoms with van der Waals surface area (Å²) in [4.78, 5) is 29.6. The molecule has 0 spiro atoms. The predicted molar refractivity (Wildman–Crippen MR) is 93.2 cm³/mol. The van der Waals surface area contributed by atoms with Crippen LogP contribution in [0.2, 0.25) is 0 Å². The van der Waals surface area contributed by atoms with Crippen LogP contribution in [0.5, 0.6) is 0 Å². The minimum atomic E-state index is -0.765. The molecule has 0 bridgehead atoms. The Hall–Kier alpha value is -2.61. The molecule has 24 heavy (non-hydrogen) atoms. The van der Waals surface area contributed by atoms with Crippen molar-refractivity contribution in [1.82, 2.24) is 20.0 Å². The molecule has 1 aromatic carbocycles. The number of benzene rings is 1. The fourth-order valence-electron chi connectivity index (χ4n) is 2.47. The third kappa shape index (κ3) is 3.05. The molecule has 0 unspecified atom stereocenters. The molecule has 124 valence electrons. The van der Waals surface area contributed by atoms with Gasteiger partial charge < -0.3 is 5.32 Å². The summed E-state index contributed by atoms with van der Waals surface area (Å²) in [6.07, 6.45) is 0. The van der Waals surface area contributed by atoms with Crippen molar-refractivity contribution in [2.75, 3.05) is 5.32 Å². The molecule has 0 fully saturated rings. The van der Waals surface area contributed by atoms with E-state index in [1.54, 1.807) is 24.3 Å². The summed E-state index contributed by atoms with van der Waals surface area (Å²) < 4.78 is 1.16. The molecule has 2 heterocycles. The van der Waals surface area contributed by atoms with Gasteiger partial charge in [-0.15, -0.1) is 16.4 Å². The van der Waals surface area contributed by atoms with Crippen LogP contribution in [0.25, 0.3) is 10.9 Å². The largest absolute Gasteiger partial charge is 0.300 e. The lowest BCUT2D eigenvalue weighted by atomic mass is 10.0. The van der Waals surface area contributed by atoms with Crippen molar-refractivity contribution >= 4 is 33.3 Å². The topological polar surface area (TPSA) is 89.8 Å². The van der Waals surface area contributed by atoms with Crippen molar-refractivity contribution in [2.24, 2.45) is 5.92 Å². The van der Waals surface area contributed by atoms with Gasteiger partial charge in [0.15, 0.2) is 5.13 Å². The van der Waals surface area contributed by atoms with E-state index in [0.717, 1.165) is 10.4 Å². The van der Waals surface area contributed by atoms with Crippen LogP contribution in [0.1, 0.15) is 25.6 Å².